The summed E-state index contributed by atoms with van der Waals surface area (Å²) in [5.41, 5.74) is 29.7. The molecule has 0 radical (unpaired) electrons. The first-order chi connectivity index (χ1) is 60.4. The molecule has 2 aliphatic heterocycles. The molecule has 2 aliphatic rings. The maximum atomic E-state index is 15.2. The van der Waals surface area contributed by atoms with Crippen molar-refractivity contribution in [2.75, 3.05) is 81.4 Å². The van der Waals surface area contributed by atoms with Crippen LogP contribution in [0.3, 0.4) is 0 Å². The summed E-state index contributed by atoms with van der Waals surface area (Å²) in [6.07, 6.45) is 4.01. The zero-order valence-electron chi connectivity index (χ0n) is 70.8. The largest absolute Gasteiger partial charge is 0.508 e. The number of amides is 15. The molecule has 0 spiro atoms. The number of aliphatic hydroxyl groups excluding tert-OH is 1. The van der Waals surface area contributed by atoms with Crippen LogP contribution in [0.4, 0.5) is 0 Å². The number of aliphatic hydroxyl groups is 1. The van der Waals surface area contributed by atoms with Gasteiger partial charge in [-0.15, -0.1) is 0 Å². The Morgan fingerprint density at radius 2 is 1.19 bits per heavy atom. The molecule has 15 atom stereocenters. The van der Waals surface area contributed by atoms with Gasteiger partial charge in [0.15, 0.2) is 17.9 Å². The Hall–Kier alpha value is -11.9. The number of primary amides is 1. The van der Waals surface area contributed by atoms with Crippen molar-refractivity contribution in [1.82, 2.24) is 99.9 Å². The quantitative estimate of drug-likeness (QED) is 0.0113. The van der Waals surface area contributed by atoms with Gasteiger partial charge in [-0.25, -0.2) is 4.98 Å². The third-order valence-electron chi connectivity index (χ3n) is 20.2. The number of H-pyrrole nitrogens is 1. The predicted octanol–water partition coefficient (Wildman–Crippen LogP) is -7.45. The molecule has 3 aromatic rings. The summed E-state index contributed by atoms with van der Waals surface area (Å²) in [6.45, 7) is 0.349. The van der Waals surface area contributed by atoms with Crippen LogP contribution < -0.4 is 114 Å². The maximum Gasteiger partial charge on any atom is 0.305 e. The van der Waals surface area contributed by atoms with Crippen molar-refractivity contribution in [2.45, 2.75) is 176 Å². The number of rotatable bonds is 35. The van der Waals surface area contributed by atoms with Gasteiger partial charge < -0.3 is 139 Å². The van der Waals surface area contributed by atoms with Gasteiger partial charge in [0, 0.05) is 63.1 Å². The van der Waals surface area contributed by atoms with E-state index in [1.165, 1.54) is 67.2 Å². The second kappa shape index (κ2) is 55.5. The number of hydrogen-bond acceptors (Lipinski definition) is 27. The molecule has 2 fully saturated rings. The van der Waals surface area contributed by atoms with Gasteiger partial charge in [0.25, 0.3) is 0 Å². The van der Waals surface area contributed by atoms with E-state index in [1.54, 1.807) is 49.8 Å². The number of nitrogens with one attached hydrogen (secondary N) is 20. The number of carboxylic acid groups (broad SMARTS) is 1. The summed E-state index contributed by atoms with van der Waals surface area (Å²) in [4.78, 5) is 238. The molecule has 0 aliphatic carbocycles. The molecule has 46 nitrogen and oxygen atoms in total. The van der Waals surface area contributed by atoms with Gasteiger partial charge >= 0.3 is 5.97 Å². The van der Waals surface area contributed by atoms with Crippen LogP contribution in [0.1, 0.15) is 94.9 Å². The number of aliphatic carboxylic acids is 1. The van der Waals surface area contributed by atoms with E-state index in [2.05, 4.69) is 95.0 Å². The van der Waals surface area contributed by atoms with Crippen LogP contribution in [-0.4, -0.2) is 303 Å². The fourth-order valence-electron chi connectivity index (χ4n) is 13.0. The van der Waals surface area contributed by atoms with Gasteiger partial charge in [-0.2, -0.15) is 23.5 Å². The Labute approximate surface area is 749 Å². The Kier molecular flexibility index (Phi) is 46.2. The lowest BCUT2D eigenvalue weighted by atomic mass is 9.97. The SMILES string of the molecule is CC[C@H](C)[C@@H]1NC(=O)[C@H](CCCNC(=N)N)NC(=O)[C@H](CC(=O)O)NC(=O)[C@H](CCSC)NC(=O)[C@@H]2C[C@@H](CCNC(=N)N)CN2C(=O)CNC(=O)CNC(=O)[C@H](Cc2ccccc2)NC(=O)[C@H](Cc2c[nH]cn2)NC(=O)[C@@H](NC(=O)[C@@H](N)CCSC)CSSC[C@@H](C(=O)N[C@@H](Cc2ccc(O)cc2)C(=O)N[C@@H](CCCNC(=N)N)C(N)=O)NC(=O)[C@H](CO)NC1=O. The highest BCUT2D eigenvalue weighted by Gasteiger charge is 2.43. The average Bonchev–Trinajstić information content (AvgIpc) is 1.61. The number of aromatic nitrogens is 2. The molecule has 3 heterocycles. The Balaban J connectivity index is 1.67. The first-order valence-electron chi connectivity index (χ1n) is 40.8. The topological polar surface area (TPSA) is 760 Å². The monoisotopic (exact) mass is 1850 g/mol. The highest BCUT2D eigenvalue weighted by Crippen LogP contribution is 2.28. The number of nitrogens with zero attached hydrogens (tertiary/aromatic N) is 2. The number of guanidine groups is 3. The lowest BCUT2D eigenvalue weighted by Crippen LogP contribution is -2.62. The van der Waals surface area contributed by atoms with Gasteiger partial charge in [-0.05, 0) is 110 Å². The number of imidazole rings is 1. The van der Waals surface area contributed by atoms with Crippen LogP contribution in [0.5, 0.6) is 5.75 Å². The molecule has 0 bridgehead atoms. The summed E-state index contributed by atoms with van der Waals surface area (Å²) in [6, 6.07) is -7.44. The molecule has 0 saturated carbocycles. The normalized spacial score (nSPS) is 22.6. The van der Waals surface area contributed by atoms with Crippen molar-refractivity contribution >= 4 is 158 Å². The van der Waals surface area contributed by atoms with Crippen molar-refractivity contribution in [3.8, 4) is 5.75 Å². The molecule has 50 heteroatoms. The molecule has 127 heavy (non-hydrogen) atoms. The highest BCUT2D eigenvalue weighted by atomic mass is 33.1. The van der Waals surface area contributed by atoms with Gasteiger partial charge in [0.05, 0.1) is 44.2 Å². The number of thioether (sulfide) groups is 2. The summed E-state index contributed by atoms with van der Waals surface area (Å²) in [7, 11) is 1.60. The highest BCUT2D eigenvalue weighted by molar-refractivity contribution is 8.76. The number of benzene rings is 2. The standard InChI is InChI=1S/C77H119N27O19S4/c1-5-40(2)61-74(123)100-54(36-105)70(119)102-56(72(121)97-51(28-42-15-17-45(106)18-16-42)67(116)93-47(62(79)111)13-9-22-87-75(80)81)38-127-126-37-55(101-63(112)46(78)20-25-124-3)71(120)98-52(30-44-32-86-39-92-44)68(117)96-50(27-41-11-7-6-8-12-41)64(113)91-33-58(107)90-34-59(108)104-35-43(19-24-89-77(84)85)29-57(104)73(122)95-49(21-26-125-4)65(114)99-53(31-60(109)110)69(118)94-48(66(115)103-61)14-10-23-88-76(82)83/h6-8,11-12,15-18,32,39-40,43,46-57,61,105-106H,5,9-10,13-14,19-31,33-38,78H2,1-4H3,(H2,79,111)(H,86,92)(H,90,107)(H,91,113)(H,93,116)(H,94,118)(H,95,122)(H,96,117)(H,97,121)(H,98,120)(H,99,114)(H,100,123)(H,101,112)(H,102,119)(H,103,115)(H,109,110)(H4,80,81,87)(H4,82,83,88)(H4,84,85,89)/t40-,43+,46-,47-,48-,49-,50-,51-,52-,53-,54-,55-,56-,57-,61-/m0/s1. The number of carbonyl (C=O) groups excluding carboxylic acids is 15. The number of phenolic OH excluding ortho intramolecular Hbond substituents is 1. The molecule has 2 saturated heterocycles. The molecule has 1 aromatic heterocycles. The minimum Gasteiger partial charge on any atom is -0.508 e. The lowest BCUT2D eigenvalue weighted by molar-refractivity contribution is -0.142. The number of phenols is 1. The fraction of sp³-hybridized carbons (Fsp3) is 0.558. The van der Waals surface area contributed by atoms with Crippen LogP contribution >= 0.6 is 45.1 Å². The number of carboxylic acids is 1. The van der Waals surface area contributed by atoms with E-state index in [-0.39, 0.29) is 132 Å². The summed E-state index contributed by atoms with van der Waals surface area (Å²) in [5.74, 6) is -20.2. The van der Waals surface area contributed by atoms with Gasteiger partial charge in [-0.1, -0.05) is 84.3 Å². The van der Waals surface area contributed by atoms with E-state index in [9.17, 15) is 82.4 Å². The third-order valence-corrected chi connectivity index (χ3v) is 23.9. The molecule has 700 valence electrons. The second-order valence-electron chi connectivity index (χ2n) is 30.0. The van der Waals surface area contributed by atoms with Crippen LogP contribution in [0.2, 0.25) is 0 Å². The molecule has 0 unspecified atom stereocenters. The van der Waals surface area contributed by atoms with Gasteiger partial charge in [0.2, 0.25) is 88.6 Å². The summed E-state index contributed by atoms with van der Waals surface area (Å²) in [5, 5.41) is 95.1. The van der Waals surface area contributed by atoms with E-state index in [0.717, 1.165) is 26.5 Å². The second-order valence-corrected chi connectivity index (χ2v) is 34.5. The van der Waals surface area contributed by atoms with Crippen LogP contribution in [0.15, 0.2) is 67.1 Å². The summed E-state index contributed by atoms with van der Waals surface area (Å²) < 4.78 is 0. The minimum absolute atomic E-state index is 0.0421. The number of carbonyl (C=O) groups is 16. The first kappa shape index (κ1) is 106. The third kappa shape index (κ3) is 38.1. The van der Waals surface area contributed by atoms with Crippen molar-refractivity contribution in [2.24, 2.45) is 40.5 Å². The van der Waals surface area contributed by atoms with Gasteiger partial charge in [0.1, 0.15) is 78.3 Å². The van der Waals surface area contributed by atoms with Crippen LogP contribution in [0, 0.1) is 28.1 Å². The smallest absolute Gasteiger partial charge is 0.305 e. The Morgan fingerprint density at radius 3 is 1.82 bits per heavy atom. The van der Waals surface area contributed by atoms with Crippen LogP contribution in [0.25, 0.3) is 0 Å². The molecule has 5 rings (SSSR count). The minimum atomic E-state index is -2.01. The molecule has 33 N–H and O–H groups in total. The average molecular weight is 1860 g/mol. The Morgan fingerprint density at radius 1 is 0.606 bits per heavy atom. The first-order valence-corrected chi connectivity index (χ1v) is 46.0. The van der Waals surface area contributed by atoms with Gasteiger partial charge in [-0.3, -0.25) is 92.9 Å². The number of aromatic hydroxyl groups is 1. The number of aromatic amines is 1. The molecular weight excluding hydrogens is 1740 g/mol. The number of nitrogens with two attached hydrogens (primary N) is 5. The number of fused-ring (bicyclic) bond motifs is 1. The van der Waals surface area contributed by atoms with E-state index >= 15 is 9.59 Å². The molecule has 15 amide bonds. The Bertz CT molecular complexity index is 4250. The lowest BCUT2D eigenvalue weighted by Gasteiger charge is -2.29. The zero-order chi connectivity index (χ0) is 93.8. The van der Waals surface area contributed by atoms with Crippen molar-refractivity contribution in [3.63, 3.8) is 0 Å². The molecule has 2 aromatic carbocycles. The zero-order valence-corrected chi connectivity index (χ0v) is 74.0. The maximum absolute atomic E-state index is 15.2. The van der Waals surface area contributed by atoms with Crippen molar-refractivity contribution in [1.29, 1.82) is 16.2 Å². The summed E-state index contributed by atoms with van der Waals surface area (Å²) >= 11 is 2.61. The number of hydrogen-bond donors (Lipinski definition) is 28. The van der Waals surface area contributed by atoms with E-state index in [1.807, 2.05) is 0 Å². The predicted molar refractivity (Wildman–Crippen MR) is 475 cm³/mol. The van der Waals surface area contributed by atoms with Crippen molar-refractivity contribution in [3.05, 3.63) is 83.9 Å². The van der Waals surface area contributed by atoms with E-state index in [0.29, 0.717) is 16.9 Å². The fourth-order valence-corrected chi connectivity index (χ4v) is 16.3. The van der Waals surface area contributed by atoms with E-state index in [4.69, 9.17) is 44.9 Å². The van der Waals surface area contributed by atoms with Crippen LogP contribution in [-0.2, 0) is 96.0 Å². The van der Waals surface area contributed by atoms with E-state index < -0.39 is 229 Å². The molecular formula is C77H119N27O19S4. The van der Waals surface area contributed by atoms with Crippen molar-refractivity contribution < 1.29 is 92.0 Å².